The standard InChI is InChI=1S/C20H26N6S/c1-15(2)18-14-27-19(25-18)11-23-20(21-3)22-9-17-10-24-26(13-17)12-16-7-5-4-6-8-16/h4-8,10,13-15H,9,11-12H2,1-3H3,(H2,21,22,23). The lowest BCUT2D eigenvalue weighted by Gasteiger charge is -2.10. The summed E-state index contributed by atoms with van der Waals surface area (Å²) >= 11 is 1.68. The van der Waals surface area contributed by atoms with Crippen LogP contribution in [0, 0.1) is 0 Å². The molecule has 0 aliphatic rings. The molecule has 2 N–H and O–H groups in total. The summed E-state index contributed by atoms with van der Waals surface area (Å²) < 4.78 is 1.95. The molecule has 0 aliphatic carbocycles. The lowest BCUT2D eigenvalue weighted by Crippen LogP contribution is -2.36. The number of rotatable bonds is 7. The molecule has 27 heavy (non-hydrogen) atoms. The van der Waals surface area contributed by atoms with Crippen LogP contribution in [0.3, 0.4) is 0 Å². The Kier molecular flexibility index (Phi) is 6.59. The zero-order valence-electron chi connectivity index (χ0n) is 16.0. The van der Waals surface area contributed by atoms with Crippen molar-refractivity contribution in [3.8, 4) is 0 Å². The van der Waals surface area contributed by atoms with Crippen molar-refractivity contribution in [2.45, 2.75) is 39.4 Å². The van der Waals surface area contributed by atoms with E-state index in [0.717, 1.165) is 28.8 Å². The molecule has 0 fully saturated rings. The Morgan fingerprint density at radius 1 is 1.15 bits per heavy atom. The van der Waals surface area contributed by atoms with Crippen LogP contribution in [0.2, 0.25) is 0 Å². The highest BCUT2D eigenvalue weighted by atomic mass is 32.1. The minimum atomic E-state index is 0.458. The number of aliphatic imine (C=N–C) groups is 1. The molecule has 0 bridgehead atoms. The van der Waals surface area contributed by atoms with Gasteiger partial charge in [0.05, 0.1) is 25.0 Å². The number of hydrogen-bond donors (Lipinski definition) is 2. The highest BCUT2D eigenvalue weighted by Gasteiger charge is 2.07. The fraction of sp³-hybridized carbons (Fsp3) is 0.350. The maximum Gasteiger partial charge on any atom is 0.191 e. The number of aromatic nitrogens is 3. The second-order valence-electron chi connectivity index (χ2n) is 6.63. The van der Waals surface area contributed by atoms with Crippen LogP contribution in [0.25, 0.3) is 0 Å². The molecule has 0 radical (unpaired) electrons. The Morgan fingerprint density at radius 2 is 1.93 bits per heavy atom. The van der Waals surface area contributed by atoms with Gasteiger partial charge < -0.3 is 10.6 Å². The number of thiazole rings is 1. The van der Waals surface area contributed by atoms with Gasteiger partial charge in [-0.1, -0.05) is 44.2 Å². The van der Waals surface area contributed by atoms with E-state index in [9.17, 15) is 0 Å². The van der Waals surface area contributed by atoms with Gasteiger partial charge in [-0.25, -0.2) is 4.98 Å². The van der Waals surface area contributed by atoms with Crippen LogP contribution in [0.1, 0.15) is 41.6 Å². The Morgan fingerprint density at radius 3 is 2.63 bits per heavy atom. The first-order valence-electron chi connectivity index (χ1n) is 9.08. The molecule has 0 saturated heterocycles. The minimum absolute atomic E-state index is 0.458. The Labute approximate surface area is 164 Å². The highest BCUT2D eigenvalue weighted by molar-refractivity contribution is 7.09. The summed E-state index contributed by atoms with van der Waals surface area (Å²) in [7, 11) is 1.77. The molecule has 2 aromatic heterocycles. The summed E-state index contributed by atoms with van der Waals surface area (Å²) in [5, 5.41) is 14.3. The van der Waals surface area contributed by atoms with E-state index in [1.54, 1.807) is 18.4 Å². The topological polar surface area (TPSA) is 67.1 Å². The lowest BCUT2D eigenvalue weighted by atomic mass is 10.2. The van der Waals surface area contributed by atoms with E-state index in [1.165, 1.54) is 5.56 Å². The van der Waals surface area contributed by atoms with Gasteiger partial charge in [-0.15, -0.1) is 11.3 Å². The summed E-state index contributed by atoms with van der Waals surface area (Å²) in [6.45, 7) is 6.43. The molecule has 0 unspecified atom stereocenters. The molecular formula is C20H26N6S. The molecule has 2 heterocycles. The Hall–Kier alpha value is -2.67. The van der Waals surface area contributed by atoms with Crippen molar-refractivity contribution in [2.75, 3.05) is 7.05 Å². The Balaban J connectivity index is 1.48. The van der Waals surface area contributed by atoms with E-state index in [-0.39, 0.29) is 0 Å². The first-order valence-corrected chi connectivity index (χ1v) is 9.96. The largest absolute Gasteiger partial charge is 0.352 e. The van der Waals surface area contributed by atoms with Gasteiger partial charge in [0.2, 0.25) is 0 Å². The normalized spacial score (nSPS) is 11.8. The number of nitrogens with one attached hydrogen (secondary N) is 2. The van der Waals surface area contributed by atoms with Crippen LogP contribution >= 0.6 is 11.3 Å². The highest BCUT2D eigenvalue weighted by Crippen LogP contribution is 2.17. The quantitative estimate of drug-likeness (QED) is 0.486. The second kappa shape index (κ2) is 9.32. The maximum absolute atomic E-state index is 4.64. The molecule has 142 valence electrons. The van der Waals surface area contributed by atoms with E-state index in [1.807, 2.05) is 29.1 Å². The molecule has 1 aromatic carbocycles. The summed E-state index contributed by atoms with van der Waals surface area (Å²) in [6.07, 6.45) is 3.95. The number of hydrogen-bond acceptors (Lipinski definition) is 4. The molecule has 6 nitrogen and oxygen atoms in total. The smallest absolute Gasteiger partial charge is 0.191 e. The second-order valence-corrected chi connectivity index (χ2v) is 7.57. The van der Waals surface area contributed by atoms with Crippen molar-refractivity contribution >= 4 is 17.3 Å². The van der Waals surface area contributed by atoms with E-state index in [4.69, 9.17) is 0 Å². The fourth-order valence-corrected chi connectivity index (χ4v) is 3.49. The van der Waals surface area contributed by atoms with Gasteiger partial charge in [0.15, 0.2) is 5.96 Å². The monoisotopic (exact) mass is 382 g/mol. The van der Waals surface area contributed by atoms with Gasteiger partial charge in [-0.3, -0.25) is 9.67 Å². The Bertz CT molecular complexity index is 865. The molecule has 0 amide bonds. The van der Waals surface area contributed by atoms with Crippen molar-refractivity contribution in [3.05, 3.63) is 69.9 Å². The van der Waals surface area contributed by atoms with E-state index in [2.05, 4.69) is 63.3 Å². The van der Waals surface area contributed by atoms with Crippen LogP contribution in [0.15, 0.2) is 53.1 Å². The predicted octanol–water partition coefficient (Wildman–Crippen LogP) is 3.38. The molecule has 0 aliphatic heterocycles. The zero-order chi connectivity index (χ0) is 19.1. The van der Waals surface area contributed by atoms with Crippen LogP contribution < -0.4 is 10.6 Å². The molecule has 3 rings (SSSR count). The van der Waals surface area contributed by atoms with E-state index < -0.39 is 0 Å². The van der Waals surface area contributed by atoms with Crippen LogP contribution in [0.5, 0.6) is 0 Å². The molecule has 0 atom stereocenters. The van der Waals surface area contributed by atoms with Crippen molar-refractivity contribution in [2.24, 2.45) is 4.99 Å². The molecule has 0 spiro atoms. The summed E-state index contributed by atoms with van der Waals surface area (Å²) in [4.78, 5) is 8.92. The predicted molar refractivity (Wildman–Crippen MR) is 111 cm³/mol. The molecule has 0 saturated carbocycles. The van der Waals surface area contributed by atoms with Crippen molar-refractivity contribution in [1.29, 1.82) is 0 Å². The van der Waals surface area contributed by atoms with Gasteiger partial charge in [-0.05, 0) is 11.5 Å². The number of benzene rings is 1. The summed E-state index contributed by atoms with van der Waals surface area (Å²) in [5.74, 6) is 1.21. The minimum Gasteiger partial charge on any atom is -0.352 e. The third-order valence-corrected chi connectivity index (χ3v) is 4.99. The lowest BCUT2D eigenvalue weighted by molar-refractivity contribution is 0.685. The number of guanidine groups is 1. The van der Waals surface area contributed by atoms with Crippen LogP contribution in [-0.4, -0.2) is 27.8 Å². The molecule has 3 aromatic rings. The van der Waals surface area contributed by atoms with Crippen molar-refractivity contribution in [3.63, 3.8) is 0 Å². The first-order chi connectivity index (χ1) is 13.1. The van der Waals surface area contributed by atoms with Crippen molar-refractivity contribution in [1.82, 2.24) is 25.4 Å². The van der Waals surface area contributed by atoms with Gasteiger partial charge >= 0.3 is 0 Å². The third-order valence-electron chi connectivity index (χ3n) is 4.13. The van der Waals surface area contributed by atoms with Gasteiger partial charge in [-0.2, -0.15) is 5.10 Å². The molecular weight excluding hydrogens is 356 g/mol. The fourth-order valence-electron chi connectivity index (χ4n) is 2.59. The molecule has 7 heteroatoms. The van der Waals surface area contributed by atoms with Gasteiger partial charge in [0, 0.05) is 30.7 Å². The summed E-state index contributed by atoms with van der Waals surface area (Å²) in [5.41, 5.74) is 3.50. The van der Waals surface area contributed by atoms with Gasteiger partial charge in [0.25, 0.3) is 0 Å². The third kappa shape index (κ3) is 5.65. The first kappa shape index (κ1) is 19.1. The average Bonchev–Trinajstić information content (AvgIpc) is 3.32. The number of nitrogens with zero attached hydrogens (tertiary/aromatic N) is 4. The maximum atomic E-state index is 4.64. The van der Waals surface area contributed by atoms with Gasteiger partial charge in [0.1, 0.15) is 5.01 Å². The van der Waals surface area contributed by atoms with E-state index >= 15 is 0 Å². The average molecular weight is 383 g/mol. The van der Waals surface area contributed by atoms with Crippen molar-refractivity contribution < 1.29 is 0 Å². The zero-order valence-corrected chi connectivity index (χ0v) is 16.8. The van der Waals surface area contributed by atoms with E-state index in [0.29, 0.717) is 19.0 Å². The summed E-state index contributed by atoms with van der Waals surface area (Å²) in [6, 6.07) is 10.3. The SMILES string of the molecule is CN=C(NCc1cnn(Cc2ccccc2)c1)NCc1nc(C(C)C)cs1. The van der Waals surface area contributed by atoms with Crippen LogP contribution in [0.4, 0.5) is 0 Å². The van der Waals surface area contributed by atoms with Crippen LogP contribution in [-0.2, 0) is 19.6 Å².